The molecular formula is C19H20FN5O3. The second-order valence-electron chi connectivity index (χ2n) is 6.67. The molecule has 1 aromatic carbocycles. The van der Waals surface area contributed by atoms with Gasteiger partial charge < -0.3 is 4.74 Å². The molecule has 0 spiro atoms. The van der Waals surface area contributed by atoms with Crippen LogP contribution in [0.25, 0.3) is 22.6 Å². The van der Waals surface area contributed by atoms with Crippen LogP contribution >= 0.6 is 0 Å². The summed E-state index contributed by atoms with van der Waals surface area (Å²) in [5.41, 5.74) is 1.45. The predicted octanol–water partition coefficient (Wildman–Crippen LogP) is 1.54. The molecule has 0 bridgehead atoms. The number of halogens is 1. The number of imidazole rings is 2. The Morgan fingerprint density at radius 1 is 1.14 bits per heavy atom. The molecule has 4 aromatic rings. The van der Waals surface area contributed by atoms with E-state index in [9.17, 15) is 14.0 Å². The molecule has 8 nitrogen and oxygen atoms in total. The Balaban J connectivity index is 2.17. The first-order valence-corrected chi connectivity index (χ1v) is 8.82. The number of rotatable bonds is 4. The Kier molecular flexibility index (Phi) is 4.19. The number of hydrogen-bond donors (Lipinski definition) is 0. The van der Waals surface area contributed by atoms with E-state index in [1.54, 1.807) is 34.2 Å². The zero-order valence-electron chi connectivity index (χ0n) is 16.1. The second kappa shape index (κ2) is 6.45. The lowest BCUT2D eigenvalue weighted by molar-refractivity contribution is 0.184. The topological polar surface area (TPSA) is 75.5 Å². The summed E-state index contributed by atoms with van der Waals surface area (Å²) in [6.07, 6.45) is 0. The maximum absolute atomic E-state index is 14.5. The van der Waals surface area contributed by atoms with Gasteiger partial charge in [-0.15, -0.1) is 0 Å². The number of nitrogens with zero attached hydrogens (tertiary/aromatic N) is 5. The van der Waals surface area contributed by atoms with Crippen LogP contribution in [0.5, 0.6) is 0 Å². The van der Waals surface area contributed by atoms with Crippen molar-refractivity contribution >= 4 is 16.9 Å². The third-order valence-electron chi connectivity index (χ3n) is 5.13. The van der Waals surface area contributed by atoms with E-state index >= 15 is 0 Å². The molecule has 0 saturated carbocycles. The van der Waals surface area contributed by atoms with Crippen molar-refractivity contribution in [2.75, 3.05) is 13.7 Å². The van der Waals surface area contributed by atoms with Crippen LogP contribution in [0.15, 0.2) is 33.9 Å². The number of hydrogen-bond acceptors (Lipinski definition) is 4. The lowest BCUT2D eigenvalue weighted by Crippen LogP contribution is -2.40. The van der Waals surface area contributed by atoms with Gasteiger partial charge in [0, 0.05) is 25.5 Å². The first-order chi connectivity index (χ1) is 13.4. The first kappa shape index (κ1) is 18.2. The molecule has 0 aliphatic heterocycles. The minimum absolute atomic E-state index is 0.136. The van der Waals surface area contributed by atoms with Crippen molar-refractivity contribution in [3.63, 3.8) is 0 Å². The van der Waals surface area contributed by atoms with Gasteiger partial charge in [-0.25, -0.2) is 9.18 Å². The molecule has 0 radical (unpaired) electrons. The van der Waals surface area contributed by atoms with E-state index in [2.05, 4.69) is 4.98 Å². The molecule has 0 unspecified atom stereocenters. The SMILES string of the molecule is COCCn1c(=O)c2c(nc3n(-c4ccccc4F)c(C)c(C)n23)n(C)c1=O. The van der Waals surface area contributed by atoms with Crippen molar-refractivity contribution in [1.29, 1.82) is 0 Å². The van der Waals surface area contributed by atoms with E-state index in [1.807, 2.05) is 13.8 Å². The average Bonchev–Trinajstić information content (AvgIpc) is 3.17. The van der Waals surface area contributed by atoms with Crippen LogP contribution in [0.2, 0.25) is 0 Å². The summed E-state index contributed by atoms with van der Waals surface area (Å²) in [6, 6.07) is 6.37. The van der Waals surface area contributed by atoms with Crippen molar-refractivity contribution in [1.82, 2.24) is 23.1 Å². The molecule has 3 heterocycles. The number of methoxy groups -OCH3 is 1. The van der Waals surface area contributed by atoms with Crippen molar-refractivity contribution < 1.29 is 9.13 Å². The highest BCUT2D eigenvalue weighted by molar-refractivity contribution is 5.77. The van der Waals surface area contributed by atoms with Gasteiger partial charge in [-0.2, -0.15) is 4.98 Å². The maximum atomic E-state index is 14.5. The summed E-state index contributed by atoms with van der Waals surface area (Å²) in [6.45, 7) is 4.05. The first-order valence-electron chi connectivity index (χ1n) is 8.82. The highest BCUT2D eigenvalue weighted by atomic mass is 19.1. The Bertz CT molecular complexity index is 1340. The van der Waals surface area contributed by atoms with E-state index in [4.69, 9.17) is 4.74 Å². The van der Waals surface area contributed by atoms with E-state index in [1.165, 1.54) is 17.7 Å². The summed E-state index contributed by atoms with van der Waals surface area (Å²) < 4.78 is 25.3. The predicted molar refractivity (Wildman–Crippen MR) is 103 cm³/mol. The standard InChI is InChI=1S/C19H20FN5O3/c1-11-12(2)25-15-16(22(3)19(27)23(17(15)26)9-10-28-4)21-18(25)24(11)14-8-6-5-7-13(14)20/h5-8H,9-10H2,1-4H3. The lowest BCUT2D eigenvalue weighted by Gasteiger charge is -2.08. The van der Waals surface area contributed by atoms with Gasteiger partial charge in [0.05, 0.1) is 18.8 Å². The van der Waals surface area contributed by atoms with E-state index in [0.29, 0.717) is 11.5 Å². The van der Waals surface area contributed by atoms with Crippen LogP contribution in [0.3, 0.4) is 0 Å². The fraction of sp³-hybridized carbons (Fsp3) is 0.316. The largest absolute Gasteiger partial charge is 0.383 e. The highest BCUT2D eigenvalue weighted by Crippen LogP contribution is 2.25. The monoisotopic (exact) mass is 385 g/mol. The van der Waals surface area contributed by atoms with E-state index < -0.39 is 17.1 Å². The number of aryl methyl sites for hydroxylation is 2. The molecule has 3 aromatic heterocycles. The Labute approximate surface area is 159 Å². The van der Waals surface area contributed by atoms with Gasteiger partial charge in [0.15, 0.2) is 11.2 Å². The number of ether oxygens (including phenoxy) is 1. The summed E-state index contributed by atoms with van der Waals surface area (Å²) in [7, 11) is 3.07. The molecule has 146 valence electrons. The molecule has 28 heavy (non-hydrogen) atoms. The van der Waals surface area contributed by atoms with Crippen LogP contribution in [-0.4, -0.2) is 36.8 Å². The molecule has 0 saturated heterocycles. The number of para-hydroxylation sites is 1. The number of fused-ring (bicyclic) bond motifs is 3. The minimum Gasteiger partial charge on any atom is -0.383 e. The summed E-state index contributed by atoms with van der Waals surface area (Å²) in [5.74, 6) is -0.0201. The molecule has 0 N–H and O–H groups in total. The Hall–Kier alpha value is -3.20. The normalized spacial score (nSPS) is 11.8. The minimum atomic E-state index is -0.470. The van der Waals surface area contributed by atoms with Crippen molar-refractivity contribution in [2.24, 2.45) is 7.05 Å². The molecule has 9 heteroatoms. The van der Waals surface area contributed by atoms with E-state index in [0.717, 1.165) is 16.0 Å². The van der Waals surface area contributed by atoms with Gasteiger partial charge in [0.1, 0.15) is 5.82 Å². The second-order valence-corrected chi connectivity index (χ2v) is 6.67. The zero-order chi connectivity index (χ0) is 20.2. The molecular weight excluding hydrogens is 365 g/mol. The van der Waals surface area contributed by atoms with Crippen LogP contribution in [0.4, 0.5) is 4.39 Å². The van der Waals surface area contributed by atoms with Gasteiger partial charge in [0.2, 0.25) is 5.78 Å². The molecule has 0 fully saturated rings. The molecule has 0 amide bonds. The van der Waals surface area contributed by atoms with Gasteiger partial charge >= 0.3 is 5.69 Å². The maximum Gasteiger partial charge on any atom is 0.332 e. The van der Waals surface area contributed by atoms with Gasteiger partial charge in [-0.05, 0) is 26.0 Å². The van der Waals surface area contributed by atoms with Crippen molar-refractivity contribution in [2.45, 2.75) is 20.4 Å². The van der Waals surface area contributed by atoms with Crippen molar-refractivity contribution in [3.05, 3.63) is 62.3 Å². The third kappa shape index (κ3) is 2.36. The van der Waals surface area contributed by atoms with E-state index in [-0.39, 0.29) is 24.3 Å². The fourth-order valence-electron chi connectivity index (χ4n) is 3.55. The van der Waals surface area contributed by atoms with Crippen molar-refractivity contribution in [3.8, 4) is 5.69 Å². The molecule has 0 aliphatic rings. The summed E-state index contributed by atoms with van der Waals surface area (Å²) >= 11 is 0. The smallest absolute Gasteiger partial charge is 0.332 e. The Morgan fingerprint density at radius 2 is 1.86 bits per heavy atom. The van der Waals surface area contributed by atoms with Gasteiger partial charge in [0.25, 0.3) is 5.56 Å². The average molecular weight is 385 g/mol. The lowest BCUT2D eigenvalue weighted by atomic mass is 10.3. The van der Waals surface area contributed by atoms with Crippen LogP contribution in [0, 0.1) is 19.7 Å². The zero-order valence-corrected chi connectivity index (χ0v) is 16.1. The molecule has 0 aliphatic carbocycles. The summed E-state index contributed by atoms with van der Waals surface area (Å²) in [4.78, 5) is 30.3. The van der Waals surface area contributed by atoms with Crippen LogP contribution in [0.1, 0.15) is 11.4 Å². The van der Waals surface area contributed by atoms with Crippen LogP contribution in [-0.2, 0) is 18.3 Å². The number of aromatic nitrogens is 5. The molecule has 0 atom stereocenters. The fourth-order valence-corrected chi connectivity index (χ4v) is 3.55. The van der Waals surface area contributed by atoms with Gasteiger partial charge in [-0.3, -0.25) is 22.9 Å². The number of benzene rings is 1. The van der Waals surface area contributed by atoms with Gasteiger partial charge in [-0.1, -0.05) is 12.1 Å². The van der Waals surface area contributed by atoms with Crippen LogP contribution < -0.4 is 11.2 Å². The summed E-state index contributed by atoms with van der Waals surface area (Å²) in [5, 5.41) is 0. The molecule has 4 rings (SSSR count). The highest BCUT2D eigenvalue weighted by Gasteiger charge is 2.23. The quantitative estimate of drug-likeness (QED) is 0.534. The third-order valence-corrected chi connectivity index (χ3v) is 5.13. The Morgan fingerprint density at radius 3 is 2.54 bits per heavy atom.